The second-order valence-corrected chi connectivity index (χ2v) is 13.3. The second kappa shape index (κ2) is 10.9. The van der Waals surface area contributed by atoms with E-state index in [9.17, 15) is 4.11 Å². The lowest BCUT2D eigenvalue weighted by Gasteiger charge is -2.13. The van der Waals surface area contributed by atoms with Gasteiger partial charge in [-0.15, -0.1) is 11.3 Å². The number of rotatable bonds is 4. The van der Waals surface area contributed by atoms with Gasteiger partial charge < -0.3 is 4.57 Å². The highest BCUT2D eigenvalue weighted by atomic mass is 32.1. The number of aromatic nitrogens is 5. The lowest BCUT2D eigenvalue weighted by Crippen LogP contribution is -2.07. The van der Waals surface area contributed by atoms with Crippen LogP contribution in [-0.4, -0.2) is 24.1 Å². The molecular formula is C45H27N5S. The van der Waals surface area contributed by atoms with Crippen LogP contribution in [0, 0.1) is 0 Å². The zero-order chi connectivity index (χ0) is 39.6. The highest BCUT2D eigenvalue weighted by molar-refractivity contribution is 7.25. The highest BCUT2D eigenvalue weighted by Gasteiger charge is 2.23. The van der Waals surface area contributed by atoms with Crippen LogP contribution < -0.4 is 0 Å². The second-order valence-electron chi connectivity index (χ2n) is 12.3. The van der Waals surface area contributed by atoms with Crippen molar-refractivity contribution < 1.29 is 9.60 Å². The monoisotopic (exact) mass is 676 g/mol. The first-order chi connectivity index (χ1) is 28.2. The lowest BCUT2D eigenvalue weighted by atomic mass is 10.1. The van der Waals surface area contributed by atoms with Gasteiger partial charge in [0.05, 0.1) is 31.7 Å². The van der Waals surface area contributed by atoms with E-state index in [2.05, 4.69) is 47.0 Å². The van der Waals surface area contributed by atoms with Gasteiger partial charge in [-0.05, 0) is 48.4 Å². The summed E-state index contributed by atoms with van der Waals surface area (Å²) in [5, 5.41) is 4.37. The predicted octanol–water partition coefficient (Wildman–Crippen LogP) is 11.8. The van der Waals surface area contributed by atoms with Gasteiger partial charge in [0.1, 0.15) is 0 Å². The van der Waals surface area contributed by atoms with Gasteiger partial charge in [0.2, 0.25) is 5.95 Å². The summed E-state index contributed by atoms with van der Waals surface area (Å²) in [4.78, 5) is 15.1. The van der Waals surface area contributed by atoms with Crippen molar-refractivity contribution in [3.63, 3.8) is 0 Å². The summed E-state index contributed by atoms with van der Waals surface area (Å²) in [5.41, 5.74) is 5.29. The molecule has 0 saturated heterocycles. The summed E-state index contributed by atoms with van der Waals surface area (Å²) >= 11 is 0.992. The summed E-state index contributed by atoms with van der Waals surface area (Å²) in [7, 11) is 0. The first kappa shape index (κ1) is 22.2. The van der Waals surface area contributed by atoms with Crippen molar-refractivity contribution >= 4 is 75.1 Å². The van der Waals surface area contributed by atoms with Crippen LogP contribution in [0.3, 0.4) is 0 Å². The zero-order valence-corrected chi connectivity index (χ0v) is 27.5. The molecule has 0 atom stereocenters. The molecule has 0 N–H and O–H groups in total. The third-order valence-electron chi connectivity index (χ3n) is 9.45. The molecule has 0 saturated carbocycles. The summed E-state index contributed by atoms with van der Waals surface area (Å²) in [6.45, 7) is 0. The van der Waals surface area contributed by atoms with Crippen LogP contribution in [0.1, 0.15) is 9.60 Å². The SMILES string of the molecule is [2H]c1c([2H])c([2H])c2c(sc3c([2H])c([2H])c(-c4nc(-c5ccccc5)nc(-n5c6ccccc6c6ccc7c8ccccc8n(-c8ccccc8)c7c65)n4)c([2H])c32)c1[2H]. The van der Waals surface area contributed by atoms with Gasteiger partial charge in [0.15, 0.2) is 11.6 Å². The van der Waals surface area contributed by atoms with Crippen molar-refractivity contribution in [1.29, 1.82) is 0 Å². The summed E-state index contributed by atoms with van der Waals surface area (Å²) in [6.07, 6.45) is 0. The molecule has 0 aliphatic rings. The van der Waals surface area contributed by atoms with Crippen molar-refractivity contribution in [3.8, 4) is 34.4 Å². The normalized spacial score (nSPS) is 13.8. The molecule has 0 amide bonds. The van der Waals surface area contributed by atoms with Crippen molar-refractivity contribution in [2.24, 2.45) is 0 Å². The number of para-hydroxylation sites is 3. The summed E-state index contributed by atoms with van der Waals surface area (Å²) in [6, 6.07) is 38.2. The van der Waals surface area contributed by atoms with Crippen molar-refractivity contribution in [1.82, 2.24) is 24.1 Å². The Labute approximate surface area is 306 Å². The van der Waals surface area contributed by atoms with E-state index in [1.807, 2.05) is 83.4 Å². The Morgan fingerprint density at radius 1 is 0.451 bits per heavy atom. The van der Waals surface area contributed by atoms with Crippen LogP contribution in [0.5, 0.6) is 0 Å². The van der Waals surface area contributed by atoms with Gasteiger partial charge in [0, 0.05) is 58.5 Å². The van der Waals surface area contributed by atoms with Gasteiger partial charge >= 0.3 is 0 Å². The molecule has 0 unspecified atom stereocenters. The van der Waals surface area contributed by atoms with Gasteiger partial charge in [0.25, 0.3) is 0 Å². The predicted molar refractivity (Wildman–Crippen MR) is 212 cm³/mol. The number of thiophene rings is 1. The number of hydrogen-bond acceptors (Lipinski definition) is 4. The van der Waals surface area contributed by atoms with Crippen LogP contribution in [0.2, 0.25) is 0 Å². The minimum atomic E-state index is -0.431. The maximum atomic E-state index is 9.62. The maximum Gasteiger partial charge on any atom is 0.238 e. The van der Waals surface area contributed by atoms with Crippen LogP contribution in [0.25, 0.3) is 98.2 Å². The van der Waals surface area contributed by atoms with Crippen molar-refractivity contribution in [3.05, 3.63) is 164 Å². The molecule has 238 valence electrons. The minimum Gasteiger partial charge on any atom is -0.307 e. The number of benzene rings is 7. The number of nitrogens with zero attached hydrogens (tertiary/aromatic N) is 5. The third-order valence-corrected chi connectivity index (χ3v) is 10.5. The van der Waals surface area contributed by atoms with Gasteiger partial charge in [-0.2, -0.15) is 9.97 Å². The molecule has 4 heterocycles. The van der Waals surface area contributed by atoms with E-state index in [0.717, 1.165) is 60.6 Å². The Hall–Kier alpha value is -6.63. The Morgan fingerprint density at radius 3 is 1.78 bits per heavy atom. The Morgan fingerprint density at radius 2 is 1.04 bits per heavy atom. The standard InChI is InChI=1S/C45H27N5S/c1-3-13-28(14-4-1)43-46-44(29-23-26-40-36(27-29)33-19-9-12-22-39(33)51-40)48-45(47-43)50-38-21-11-8-18-32(38)35-25-24-34-31-17-7-10-20-37(31)49(41(34)42(35)50)30-15-5-2-6-16-30/h1-27H/i9D,12D,19D,22D,23D,26D,27D. The average molecular weight is 677 g/mol. The highest BCUT2D eigenvalue weighted by Crippen LogP contribution is 2.42. The topological polar surface area (TPSA) is 48.5 Å². The van der Waals surface area contributed by atoms with Crippen LogP contribution in [-0.2, 0) is 0 Å². The molecular weight excluding hydrogens is 643 g/mol. The molecule has 11 rings (SSSR count). The molecule has 5 nitrogen and oxygen atoms in total. The first-order valence-corrected chi connectivity index (χ1v) is 17.3. The van der Waals surface area contributed by atoms with E-state index in [1.54, 1.807) is 0 Å². The fourth-order valence-corrected chi connectivity index (χ4v) is 8.18. The smallest absolute Gasteiger partial charge is 0.238 e. The molecule has 4 aromatic heterocycles. The maximum absolute atomic E-state index is 9.62. The van der Waals surface area contributed by atoms with Crippen LogP contribution in [0.4, 0.5) is 0 Å². The summed E-state index contributed by atoms with van der Waals surface area (Å²) < 4.78 is 67.0. The lowest BCUT2D eigenvalue weighted by molar-refractivity contribution is 0.953. The molecule has 0 spiro atoms. The van der Waals surface area contributed by atoms with E-state index in [1.165, 1.54) is 0 Å². The van der Waals surface area contributed by atoms with E-state index in [4.69, 9.17) is 20.4 Å². The van der Waals surface area contributed by atoms with Crippen LogP contribution in [0.15, 0.2) is 164 Å². The molecule has 0 bridgehead atoms. The molecule has 0 aliphatic carbocycles. The molecule has 0 fully saturated rings. The van der Waals surface area contributed by atoms with E-state index >= 15 is 0 Å². The number of hydrogen-bond donors (Lipinski definition) is 0. The van der Waals surface area contributed by atoms with Crippen molar-refractivity contribution in [2.45, 2.75) is 0 Å². The van der Waals surface area contributed by atoms with E-state index < -0.39 is 12.1 Å². The molecule has 11 aromatic rings. The Bertz CT molecular complexity index is 3540. The van der Waals surface area contributed by atoms with Gasteiger partial charge in [-0.25, -0.2) is 4.98 Å². The average Bonchev–Trinajstić information content (AvgIpc) is 3.94. The number of fused-ring (bicyclic) bond motifs is 10. The first-order valence-electron chi connectivity index (χ1n) is 20.0. The molecule has 0 aliphatic heterocycles. The third kappa shape index (κ3) is 4.24. The summed E-state index contributed by atoms with van der Waals surface area (Å²) in [5.74, 6) is 0.538. The fraction of sp³-hybridized carbons (Fsp3) is 0. The quantitative estimate of drug-likeness (QED) is 0.186. The Kier molecular flexibility index (Phi) is 4.75. The molecule has 51 heavy (non-hydrogen) atoms. The fourth-order valence-electron chi connectivity index (χ4n) is 7.26. The molecule has 6 heteroatoms. The zero-order valence-electron chi connectivity index (χ0n) is 33.7. The van der Waals surface area contributed by atoms with Crippen LogP contribution >= 0.6 is 11.3 Å². The van der Waals surface area contributed by atoms with E-state index in [-0.39, 0.29) is 67.7 Å². The largest absolute Gasteiger partial charge is 0.307 e. The minimum absolute atomic E-state index is 0.00357. The van der Waals surface area contributed by atoms with Gasteiger partial charge in [-0.3, -0.25) is 4.57 Å². The molecule has 0 radical (unpaired) electrons. The van der Waals surface area contributed by atoms with Crippen molar-refractivity contribution in [2.75, 3.05) is 0 Å². The van der Waals surface area contributed by atoms with E-state index in [0.29, 0.717) is 11.4 Å². The Balaban J connectivity index is 1.30. The molecule has 7 aromatic carbocycles. The van der Waals surface area contributed by atoms with Gasteiger partial charge in [-0.1, -0.05) is 115 Å².